The van der Waals surface area contributed by atoms with Gasteiger partial charge in [0.2, 0.25) is 0 Å². The van der Waals surface area contributed by atoms with Gasteiger partial charge in [0.05, 0.1) is 0 Å². The Labute approximate surface area is 294 Å². The summed E-state index contributed by atoms with van der Waals surface area (Å²) in [5.41, 5.74) is 9.05. The second-order valence-electron chi connectivity index (χ2n) is 13.6. The third-order valence-corrected chi connectivity index (χ3v) is 8.45. The molecule has 0 N–H and O–H groups in total. The van der Waals surface area contributed by atoms with E-state index in [1.807, 2.05) is 0 Å². The minimum Gasteiger partial charge on any atom is -1.00 e. The first-order valence-corrected chi connectivity index (χ1v) is 17.0. The molecular formula is C39H45Cl2SiZr. The Balaban J connectivity index is 0.00000103. The van der Waals surface area contributed by atoms with Crippen molar-refractivity contribution in [1.82, 2.24) is 0 Å². The van der Waals surface area contributed by atoms with Crippen molar-refractivity contribution < 1.29 is 51.0 Å². The van der Waals surface area contributed by atoms with E-state index in [0.29, 0.717) is 5.92 Å². The van der Waals surface area contributed by atoms with Crippen LogP contribution in [0.15, 0.2) is 78.4 Å². The van der Waals surface area contributed by atoms with Crippen LogP contribution in [0, 0.1) is 0 Å². The van der Waals surface area contributed by atoms with Gasteiger partial charge in [0.1, 0.15) is 0 Å². The quantitative estimate of drug-likeness (QED) is 0.170. The van der Waals surface area contributed by atoms with Gasteiger partial charge in [-0.05, 0) is 39.2 Å². The average Bonchev–Trinajstić information content (AvgIpc) is 3.45. The molecule has 0 saturated heterocycles. The first kappa shape index (κ1) is 37.6. The molecule has 0 aromatic heterocycles. The average molecular weight is 704 g/mol. The predicted octanol–water partition coefficient (Wildman–Crippen LogP) is 5.58. The number of hydrogen-bond donors (Lipinski definition) is 0. The fraction of sp³-hybridized carbons (Fsp3) is 0.359. The molecule has 3 radical (unpaired) electrons. The minimum atomic E-state index is 0. The summed E-state index contributed by atoms with van der Waals surface area (Å²) in [5, 5.41) is 8.28. The SMILES string of the molecule is CCCC1=Cc2c(ccc3ccccc23)C1c1c(C(C)(C)C)ccc2c1[cH-]c1cc(C(C)(C)C)ccc12.C[Si]C.[Cl-].[Cl-].[Zr+3]. The molecule has 5 aromatic carbocycles. The van der Waals surface area contributed by atoms with Crippen LogP contribution in [0.25, 0.3) is 38.4 Å². The van der Waals surface area contributed by atoms with E-state index in [4.69, 9.17) is 0 Å². The van der Waals surface area contributed by atoms with E-state index in [-0.39, 0.29) is 61.8 Å². The van der Waals surface area contributed by atoms with Gasteiger partial charge in [-0.25, -0.2) is 0 Å². The van der Waals surface area contributed by atoms with Crippen LogP contribution < -0.4 is 24.8 Å². The second kappa shape index (κ2) is 14.7. The van der Waals surface area contributed by atoms with Crippen LogP contribution in [0.3, 0.4) is 0 Å². The number of hydrogen-bond acceptors (Lipinski definition) is 0. The van der Waals surface area contributed by atoms with Crippen LogP contribution in [0.2, 0.25) is 13.1 Å². The molecule has 223 valence electrons. The Morgan fingerprint density at radius 1 is 0.767 bits per heavy atom. The first-order valence-electron chi connectivity index (χ1n) is 15.0. The van der Waals surface area contributed by atoms with Crippen molar-refractivity contribution in [3.05, 3.63) is 106 Å². The van der Waals surface area contributed by atoms with Crippen LogP contribution in [0.1, 0.15) is 95.0 Å². The van der Waals surface area contributed by atoms with Gasteiger partial charge in [-0.1, -0.05) is 157 Å². The summed E-state index contributed by atoms with van der Waals surface area (Å²) in [4.78, 5) is 0. The van der Waals surface area contributed by atoms with Crippen LogP contribution in [0.5, 0.6) is 0 Å². The first-order chi connectivity index (χ1) is 19.0. The summed E-state index contributed by atoms with van der Waals surface area (Å²) in [6.07, 6.45) is 4.81. The van der Waals surface area contributed by atoms with Crippen LogP contribution in [0.4, 0.5) is 0 Å². The zero-order valence-corrected chi connectivity index (χ0v) is 32.2. The van der Waals surface area contributed by atoms with E-state index in [1.165, 1.54) is 60.1 Å². The van der Waals surface area contributed by atoms with E-state index < -0.39 is 0 Å². The van der Waals surface area contributed by atoms with Crippen LogP contribution in [-0.4, -0.2) is 9.52 Å². The molecule has 5 aromatic rings. The summed E-state index contributed by atoms with van der Waals surface area (Å²) in [5.74, 6) is 0.302. The fourth-order valence-corrected chi connectivity index (χ4v) is 6.58. The van der Waals surface area contributed by atoms with E-state index in [0.717, 1.165) is 22.4 Å². The Hall–Kier alpha value is -1.57. The number of rotatable bonds is 3. The van der Waals surface area contributed by atoms with Crippen molar-refractivity contribution in [2.45, 2.75) is 91.1 Å². The third kappa shape index (κ3) is 7.14. The molecule has 1 aliphatic rings. The monoisotopic (exact) mass is 701 g/mol. The molecule has 43 heavy (non-hydrogen) atoms. The number of benzene rings is 4. The third-order valence-electron chi connectivity index (χ3n) is 8.45. The van der Waals surface area contributed by atoms with Crippen molar-refractivity contribution in [2.24, 2.45) is 0 Å². The smallest absolute Gasteiger partial charge is 1.00 e. The fourth-order valence-electron chi connectivity index (χ4n) is 6.58. The molecule has 0 nitrogen and oxygen atoms in total. The van der Waals surface area contributed by atoms with Crippen molar-refractivity contribution in [3.8, 4) is 0 Å². The van der Waals surface area contributed by atoms with Gasteiger partial charge in [-0.15, -0.1) is 33.7 Å². The summed E-state index contributed by atoms with van der Waals surface area (Å²) in [6.45, 7) is 20.7. The Morgan fingerprint density at radius 2 is 1.42 bits per heavy atom. The van der Waals surface area contributed by atoms with Gasteiger partial charge in [-0.2, -0.15) is 0 Å². The van der Waals surface area contributed by atoms with E-state index in [2.05, 4.69) is 140 Å². The molecule has 0 bridgehead atoms. The summed E-state index contributed by atoms with van der Waals surface area (Å²) in [7, 11) is 1.08. The topological polar surface area (TPSA) is 0 Å². The largest absolute Gasteiger partial charge is 3.00 e. The van der Waals surface area contributed by atoms with Gasteiger partial charge in [0, 0.05) is 15.4 Å². The summed E-state index contributed by atoms with van der Waals surface area (Å²) in [6, 6.07) is 28.0. The molecule has 0 amide bonds. The van der Waals surface area contributed by atoms with Crippen molar-refractivity contribution >= 4 is 47.9 Å². The van der Waals surface area contributed by atoms with Crippen LogP contribution >= 0.6 is 0 Å². The normalized spacial score (nSPS) is 14.3. The maximum absolute atomic E-state index is 2.53. The van der Waals surface area contributed by atoms with Crippen LogP contribution in [-0.2, 0) is 37.0 Å². The molecule has 1 atom stereocenters. The van der Waals surface area contributed by atoms with Crippen molar-refractivity contribution in [3.63, 3.8) is 0 Å². The minimum absolute atomic E-state index is 0. The van der Waals surface area contributed by atoms with Gasteiger partial charge in [-0.3, -0.25) is 0 Å². The molecule has 0 heterocycles. The van der Waals surface area contributed by atoms with Gasteiger partial charge >= 0.3 is 26.2 Å². The molecule has 4 heteroatoms. The molecule has 1 unspecified atom stereocenters. The number of allylic oxidation sites excluding steroid dienone is 1. The maximum Gasteiger partial charge on any atom is 3.00 e. The Kier molecular flexibility index (Phi) is 12.8. The molecule has 0 spiro atoms. The predicted molar refractivity (Wildman–Crippen MR) is 181 cm³/mol. The Bertz CT molecular complexity index is 1730. The van der Waals surface area contributed by atoms with E-state index in [1.54, 1.807) is 5.57 Å². The standard InChI is InChI=1S/C37H39.C2H6Si.2ClH.Zr/c1-8-11-24-21-31-27-13-10-9-12-23(27)14-16-30(31)34(24)35-32-22-25-20-26(36(2,3)4)15-17-28(25)29(32)18-19-33(35)37(5,6)7;1-3-2;;;/h9-10,12-22,34H,8,11H2,1-7H3;1-2H3;2*1H;/q-1;;;;+3/p-2. The summed E-state index contributed by atoms with van der Waals surface area (Å²) >= 11 is 0. The summed E-state index contributed by atoms with van der Waals surface area (Å²) < 4.78 is 0. The zero-order valence-electron chi connectivity index (χ0n) is 27.3. The van der Waals surface area contributed by atoms with Gasteiger partial charge in [0.15, 0.2) is 0 Å². The molecule has 0 saturated carbocycles. The molecule has 0 fully saturated rings. The van der Waals surface area contributed by atoms with Gasteiger partial charge < -0.3 is 24.8 Å². The molecule has 1 aliphatic carbocycles. The van der Waals surface area contributed by atoms with E-state index in [9.17, 15) is 0 Å². The van der Waals surface area contributed by atoms with Gasteiger partial charge in [0.25, 0.3) is 0 Å². The maximum atomic E-state index is 2.53. The number of fused-ring (bicyclic) bond motifs is 6. The zero-order chi connectivity index (χ0) is 28.8. The van der Waals surface area contributed by atoms with Crippen molar-refractivity contribution in [1.29, 1.82) is 0 Å². The molecule has 6 rings (SSSR count). The molecule has 0 aliphatic heterocycles. The van der Waals surface area contributed by atoms with E-state index >= 15 is 0 Å². The molecular weight excluding hydrogens is 659 g/mol. The van der Waals surface area contributed by atoms with Crippen molar-refractivity contribution in [2.75, 3.05) is 0 Å². The Morgan fingerprint density at radius 3 is 2.05 bits per heavy atom. The second-order valence-corrected chi connectivity index (χ2v) is 14.6. The number of halogens is 2.